The van der Waals surface area contributed by atoms with Crippen molar-refractivity contribution in [3.8, 4) is 0 Å². The summed E-state index contributed by atoms with van der Waals surface area (Å²) in [7, 11) is 0. The number of benzene rings is 2. The summed E-state index contributed by atoms with van der Waals surface area (Å²) in [5, 5.41) is 0. The first-order chi connectivity index (χ1) is 10.5. The highest BCUT2D eigenvalue weighted by Crippen LogP contribution is 2.11. The van der Waals surface area contributed by atoms with Crippen molar-refractivity contribution in [3.05, 3.63) is 71.3 Å². The molecule has 0 aliphatic rings. The summed E-state index contributed by atoms with van der Waals surface area (Å²) in [5.74, 6) is -0.475. The summed E-state index contributed by atoms with van der Waals surface area (Å²) in [6, 6.07) is 12.8. The van der Waals surface area contributed by atoms with Crippen molar-refractivity contribution in [3.63, 3.8) is 0 Å². The van der Waals surface area contributed by atoms with Gasteiger partial charge in [0.25, 0.3) is 0 Å². The molecule has 2 nitrogen and oxygen atoms in total. The minimum absolute atomic E-state index is 0.00438. The summed E-state index contributed by atoms with van der Waals surface area (Å²) >= 11 is 0. The van der Waals surface area contributed by atoms with Crippen molar-refractivity contribution in [2.45, 2.75) is 37.8 Å². The van der Waals surface area contributed by atoms with E-state index in [-0.39, 0.29) is 23.7 Å². The minimum Gasteiger partial charge on any atom is -0.327 e. The average molecular weight is 304 g/mol. The SMILES string of the molecule is NC(CCC(N)Cc1ccc(F)cc1)Cc1ccc(F)cc1. The molecule has 2 aromatic carbocycles. The second-order valence-corrected chi connectivity index (χ2v) is 5.76. The Balaban J connectivity index is 1.74. The third-order valence-corrected chi connectivity index (χ3v) is 3.73. The lowest BCUT2D eigenvalue weighted by atomic mass is 9.97. The zero-order chi connectivity index (χ0) is 15.9. The zero-order valence-electron chi connectivity index (χ0n) is 12.5. The lowest BCUT2D eigenvalue weighted by Crippen LogP contribution is -2.29. The van der Waals surface area contributed by atoms with E-state index < -0.39 is 0 Å². The first-order valence-corrected chi connectivity index (χ1v) is 7.53. The van der Waals surface area contributed by atoms with Crippen LogP contribution < -0.4 is 11.5 Å². The normalized spacial score (nSPS) is 13.8. The Hall–Kier alpha value is -1.78. The van der Waals surface area contributed by atoms with Crippen LogP contribution in [0.5, 0.6) is 0 Å². The molecule has 4 N–H and O–H groups in total. The fraction of sp³-hybridized carbons (Fsp3) is 0.333. The van der Waals surface area contributed by atoms with Crippen LogP contribution in [0.3, 0.4) is 0 Å². The van der Waals surface area contributed by atoms with E-state index in [0.717, 1.165) is 24.0 Å². The van der Waals surface area contributed by atoms with E-state index >= 15 is 0 Å². The molecular formula is C18H22F2N2. The quantitative estimate of drug-likeness (QED) is 0.825. The first-order valence-electron chi connectivity index (χ1n) is 7.53. The standard InChI is InChI=1S/C18H22F2N2/c19-15-5-1-13(2-6-15)11-17(21)9-10-18(22)12-14-3-7-16(20)8-4-14/h1-8,17-18H,9-12,21-22H2. The molecule has 0 heterocycles. The molecule has 0 aliphatic carbocycles. The number of nitrogens with two attached hydrogens (primary N) is 2. The van der Waals surface area contributed by atoms with Gasteiger partial charge in [-0.2, -0.15) is 0 Å². The Labute approximate surface area is 130 Å². The van der Waals surface area contributed by atoms with Crippen LogP contribution in [0.15, 0.2) is 48.5 Å². The molecule has 4 heteroatoms. The Kier molecular flexibility index (Phi) is 6.04. The van der Waals surface area contributed by atoms with Gasteiger partial charge in [-0.15, -0.1) is 0 Å². The van der Waals surface area contributed by atoms with Crippen molar-refractivity contribution in [2.75, 3.05) is 0 Å². The van der Waals surface area contributed by atoms with Crippen LogP contribution >= 0.6 is 0 Å². The highest BCUT2D eigenvalue weighted by molar-refractivity contribution is 5.18. The van der Waals surface area contributed by atoms with Crippen molar-refractivity contribution >= 4 is 0 Å². The van der Waals surface area contributed by atoms with Crippen LogP contribution in [0.4, 0.5) is 8.78 Å². The number of hydrogen-bond donors (Lipinski definition) is 2. The molecule has 0 saturated carbocycles. The van der Waals surface area contributed by atoms with Gasteiger partial charge in [0, 0.05) is 12.1 Å². The topological polar surface area (TPSA) is 52.0 Å². The summed E-state index contributed by atoms with van der Waals surface area (Å²) in [4.78, 5) is 0. The van der Waals surface area contributed by atoms with Crippen LogP contribution in [0.2, 0.25) is 0 Å². The zero-order valence-corrected chi connectivity index (χ0v) is 12.5. The maximum atomic E-state index is 12.8. The second kappa shape index (κ2) is 8.01. The number of rotatable bonds is 7. The highest BCUT2D eigenvalue weighted by atomic mass is 19.1. The van der Waals surface area contributed by atoms with Crippen LogP contribution in [-0.2, 0) is 12.8 Å². The summed E-state index contributed by atoms with van der Waals surface area (Å²) in [6.07, 6.45) is 3.03. The van der Waals surface area contributed by atoms with Crippen molar-refractivity contribution in [1.29, 1.82) is 0 Å². The monoisotopic (exact) mass is 304 g/mol. The Morgan fingerprint density at radius 1 is 0.636 bits per heavy atom. The average Bonchev–Trinajstić information content (AvgIpc) is 2.50. The van der Waals surface area contributed by atoms with Gasteiger partial charge in [0.1, 0.15) is 11.6 Å². The Bertz CT molecular complexity index is 513. The maximum Gasteiger partial charge on any atom is 0.123 e. The first kappa shape index (κ1) is 16.6. The summed E-state index contributed by atoms with van der Waals surface area (Å²) in [5.41, 5.74) is 14.3. The molecule has 2 rings (SSSR count). The minimum atomic E-state index is -0.237. The van der Waals surface area contributed by atoms with Gasteiger partial charge in [0.15, 0.2) is 0 Å². The number of halogens is 2. The van der Waals surface area contributed by atoms with E-state index in [2.05, 4.69) is 0 Å². The molecule has 0 amide bonds. The van der Waals surface area contributed by atoms with Crippen LogP contribution in [0.1, 0.15) is 24.0 Å². The summed E-state index contributed by atoms with van der Waals surface area (Å²) < 4.78 is 25.7. The lowest BCUT2D eigenvalue weighted by molar-refractivity contribution is 0.513. The van der Waals surface area contributed by atoms with Crippen LogP contribution in [0.25, 0.3) is 0 Å². The van der Waals surface area contributed by atoms with Gasteiger partial charge in [-0.25, -0.2) is 8.78 Å². The van der Waals surface area contributed by atoms with E-state index in [1.165, 1.54) is 24.3 Å². The molecule has 0 fully saturated rings. The van der Waals surface area contributed by atoms with Gasteiger partial charge in [-0.1, -0.05) is 24.3 Å². The van der Waals surface area contributed by atoms with Crippen molar-refractivity contribution < 1.29 is 8.78 Å². The Morgan fingerprint density at radius 3 is 1.27 bits per heavy atom. The van der Waals surface area contributed by atoms with Gasteiger partial charge >= 0.3 is 0 Å². The Morgan fingerprint density at radius 2 is 0.955 bits per heavy atom. The van der Waals surface area contributed by atoms with Crippen molar-refractivity contribution in [1.82, 2.24) is 0 Å². The van der Waals surface area contributed by atoms with Gasteiger partial charge in [0.2, 0.25) is 0 Å². The molecule has 22 heavy (non-hydrogen) atoms. The molecule has 0 saturated heterocycles. The van der Waals surface area contributed by atoms with E-state index in [4.69, 9.17) is 11.5 Å². The van der Waals surface area contributed by atoms with Crippen LogP contribution in [-0.4, -0.2) is 12.1 Å². The van der Waals surface area contributed by atoms with E-state index in [0.29, 0.717) is 12.8 Å². The molecule has 0 bridgehead atoms. The van der Waals surface area contributed by atoms with Gasteiger partial charge in [-0.3, -0.25) is 0 Å². The maximum absolute atomic E-state index is 12.8. The predicted octanol–water partition coefficient (Wildman–Crippen LogP) is 3.18. The molecule has 0 spiro atoms. The lowest BCUT2D eigenvalue weighted by Gasteiger charge is -2.16. The van der Waals surface area contributed by atoms with E-state index in [9.17, 15) is 8.78 Å². The van der Waals surface area contributed by atoms with E-state index in [1.54, 1.807) is 24.3 Å². The van der Waals surface area contributed by atoms with Gasteiger partial charge < -0.3 is 11.5 Å². The third-order valence-electron chi connectivity index (χ3n) is 3.73. The third kappa shape index (κ3) is 5.54. The second-order valence-electron chi connectivity index (χ2n) is 5.76. The number of hydrogen-bond acceptors (Lipinski definition) is 2. The molecule has 0 aromatic heterocycles. The largest absolute Gasteiger partial charge is 0.327 e. The smallest absolute Gasteiger partial charge is 0.123 e. The molecule has 118 valence electrons. The molecule has 2 atom stereocenters. The molecule has 2 aromatic rings. The van der Waals surface area contributed by atoms with Gasteiger partial charge in [-0.05, 0) is 61.1 Å². The van der Waals surface area contributed by atoms with E-state index in [1.807, 2.05) is 0 Å². The van der Waals surface area contributed by atoms with Gasteiger partial charge in [0.05, 0.1) is 0 Å². The fourth-order valence-corrected chi connectivity index (χ4v) is 2.48. The highest BCUT2D eigenvalue weighted by Gasteiger charge is 2.09. The molecule has 2 unspecified atom stereocenters. The molecular weight excluding hydrogens is 282 g/mol. The van der Waals surface area contributed by atoms with Crippen LogP contribution in [0, 0.1) is 11.6 Å². The fourth-order valence-electron chi connectivity index (χ4n) is 2.48. The molecule has 0 radical (unpaired) electrons. The van der Waals surface area contributed by atoms with Crippen molar-refractivity contribution in [2.24, 2.45) is 11.5 Å². The predicted molar refractivity (Wildman–Crippen MR) is 85.4 cm³/mol. The summed E-state index contributed by atoms with van der Waals surface area (Å²) in [6.45, 7) is 0. The molecule has 0 aliphatic heterocycles.